The van der Waals surface area contributed by atoms with E-state index in [1.165, 1.54) is 0 Å². The van der Waals surface area contributed by atoms with Gasteiger partial charge in [0.15, 0.2) is 0 Å². The largest absolute Gasteiger partial charge is 0.328 e. The van der Waals surface area contributed by atoms with Gasteiger partial charge in [0, 0.05) is 18.3 Å². The molecule has 0 aliphatic rings. The van der Waals surface area contributed by atoms with Crippen LogP contribution < -0.4 is 4.90 Å². The number of hydrogen-bond donors (Lipinski definition) is 0. The molecule has 0 aliphatic heterocycles. The Morgan fingerprint density at radius 1 is 0.655 bits per heavy atom. The smallest absolute Gasteiger partial charge is 0.316 e. The first-order valence-corrected chi connectivity index (χ1v) is 9.81. The number of benzene rings is 3. The number of carbonyl (C=O) groups excluding carboxylic acids is 2. The molecule has 0 aromatic heterocycles. The lowest BCUT2D eigenvalue weighted by Gasteiger charge is -2.30. The van der Waals surface area contributed by atoms with Crippen molar-refractivity contribution in [2.45, 2.75) is 33.0 Å². The molecule has 0 saturated heterocycles. The standard InChI is InChI=1S/C25H26N2O2/c1-20(2)26(18-21-12-6-3-7-13-21)24(28)25(29)27(23-16-10-5-11-17-23)19-22-14-8-4-9-15-22/h3-17,20H,18-19H2,1-2H3. The topological polar surface area (TPSA) is 40.6 Å². The SMILES string of the molecule is CC(C)N(Cc1ccccc1)C(=O)C(=O)N(Cc1ccccc1)c1ccccc1. The van der Waals surface area contributed by atoms with Crippen molar-refractivity contribution in [2.75, 3.05) is 4.90 Å². The van der Waals surface area contributed by atoms with Gasteiger partial charge in [-0.1, -0.05) is 78.9 Å². The summed E-state index contributed by atoms with van der Waals surface area (Å²) in [5, 5.41) is 0. The van der Waals surface area contributed by atoms with E-state index < -0.39 is 11.8 Å². The molecular formula is C25H26N2O2. The van der Waals surface area contributed by atoms with Crippen LogP contribution in [0.5, 0.6) is 0 Å². The summed E-state index contributed by atoms with van der Waals surface area (Å²) in [7, 11) is 0. The summed E-state index contributed by atoms with van der Waals surface area (Å²) in [5.74, 6) is -1.02. The molecule has 0 fully saturated rings. The minimum absolute atomic E-state index is 0.0963. The van der Waals surface area contributed by atoms with Crippen molar-refractivity contribution in [1.82, 2.24) is 4.90 Å². The number of rotatable bonds is 6. The van der Waals surface area contributed by atoms with E-state index in [0.717, 1.165) is 11.1 Å². The van der Waals surface area contributed by atoms with E-state index in [1.54, 1.807) is 9.80 Å². The average molecular weight is 386 g/mol. The molecule has 3 aromatic carbocycles. The van der Waals surface area contributed by atoms with Crippen LogP contribution in [0.1, 0.15) is 25.0 Å². The zero-order chi connectivity index (χ0) is 20.6. The molecule has 0 radical (unpaired) electrons. The highest BCUT2D eigenvalue weighted by Gasteiger charge is 2.29. The fraction of sp³-hybridized carbons (Fsp3) is 0.200. The summed E-state index contributed by atoms with van der Waals surface area (Å²) >= 11 is 0. The van der Waals surface area contributed by atoms with E-state index >= 15 is 0 Å². The molecule has 4 nitrogen and oxygen atoms in total. The van der Waals surface area contributed by atoms with Crippen LogP contribution in [0.2, 0.25) is 0 Å². The molecule has 0 atom stereocenters. The van der Waals surface area contributed by atoms with Gasteiger partial charge in [-0.05, 0) is 37.1 Å². The Morgan fingerprint density at radius 3 is 1.59 bits per heavy atom. The zero-order valence-corrected chi connectivity index (χ0v) is 16.9. The molecule has 0 bridgehead atoms. The van der Waals surface area contributed by atoms with Gasteiger partial charge in [-0.3, -0.25) is 14.5 Å². The van der Waals surface area contributed by atoms with Crippen LogP contribution in [0.15, 0.2) is 91.0 Å². The lowest BCUT2D eigenvalue weighted by Crippen LogP contribution is -2.47. The molecular weight excluding hydrogens is 360 g/mol. The number of para-hydroxylation sites is 1. The highest BCUT2D eigenvalue weighted by atomic mass is 16.2. The molecule has 0 N–H and O–H groups in total. The zero-order valence-electron chi connectivity index (χ0n) is 16.9. The summed E-state index contributed by atoms with van der Waals surface area (Å²) in [6.07, 6.45) is 0. The van der Waals surface area contributed by atoms with Crippen molar-refractivity contribution in [2.24, 2.45) is 0 Å². The van der Waals surface area contributed by atoms with Crippen LogP contribution in [0.25, 0.3) is 0 Å². The summed E-state index contributed by atoms with van der Waals surface area (Å²) in [4.78, 5) is 29.7. The maximum atomic E-state index is 13.3. The maximum Gasteiger partial charge on any atom is 0.316 e. The first-order chi connectivity index (χ1) is 14.1. The summed E-state index contributed by atoms with van der Waals surface area (Å²) in [5.41, 5.74) is 2.67. The van der Waals surface area contributed by atoms with E-state index in [0.29, 0.717) is 18.8 Å². The molecule has 0 heterocycles. The van der Waals surface area contributed by atoms with E-state index in [4.69, 9.17) is 0 Å². The Kier molecular flexibility index (Phi) is 6.80. The second-order valence-electron chi connectivity index (χ2n) is 7.22. The van der Waals surface area contributed by atoms with Crippen molar-refractivity contribution in [3.05, 3.63) is 102 Å². The van der Waals surface area contributed by atoms with Gasteiger partial charge in [-0.2, -0.15) is 0 Å². The number of hydrogen-bond acceptors (Lipinski definition) is 2. The van der Waals surface area contributed by atoms with E-state index in [2.05, 4.69) is 0 Å². The Balaban J connectivity index is 1.87. The van der Waals surface area contributed by atoms with Crippen molar-refractivity contribution < 1.29 is 9.59 Å². The van der Waals surface area contributed by atoms with Gasteiger partial charge < -0.3 is 4.90 Å². The highest BCUT2D eigenvalue weighted by Crippen LogP contribution is 2.19. The molecule has 3 aromatic rings. The minimum Gasteiger partial charge on any atom is -0.328 e. The third-order valence-corrected chi connectivity index (χ3v) is 4.76. The Hall–Kier alpha value is -3.40. The Bertz CT molecular complexity index is 925. The second-order valence-corrected chi connectivity index (χ2v) is 7.22. The lowest BCUT2D eigenvalue weighted by atomic mass is 10.1. The number of nitrogens with zero attached hydrogens (tertiary/aromatic N) is 2. The summed E-state index contributed by atoms with van der Waals surface area (Å²) < 4.78 is 0. The van der Waals surface area contributed by atoms with Crippen LogP contribution in [0.3, 0.4) is 0 Å². The normalized spacial score (nSPS) is 10.6. The highest BCUT2D eigenvalue weighted by molar-refractivity contribution is 6.40. The van der Waals surface area contributed by atoms with Crippen molar-refractivity contribution in [1.29, 1.82) is 0 Å². The molecule has 148 valence electrons. The molecule has 0 spiro atoms. The van der Waals surface area contributed by atoms with Crippen LogP contribution >= 0.6 is 0 Å². The Labute approximate surface area is 172 Å². The summed E-state index contributed by atoms with van der Waals surface area (Å²) in [6, 6.07) is 28.7. The van der Waals surface area contributed by atoms with E-state index in [9.17, 15) is 9.59 Å². The second kappa shape index (κ2) is 9.69. The quantitative estimate of drug-likeness (QED) is 0.578. The van der Waals surface area contributed by atoms with E-state index in [1.807, 2.05) is 105 Å². The molecule has 29 heavy (non-hydrogen) atoms. The Morgan fingerprint density at radius 2 is 1.10 bits per heavy atom. The van der Waals surface area contributed by atoms with Gasteiger partial charge in [0.25, 0.3) is 0 Å². The molecule has 0 aliphatic carbocycles. The fourth-order valence-corrected chi connectivity index (χ4v) is 3.16. The van der Waals surface area contributed by atoms with Crippen molar-refractivity contribution in [3.63, 3.8) is 0 Å². The van der Waals surface area contributed by atoms with Gasteiger partial charge in [0.2, 0.25) is 0 Å². The fourth-order valence-electron chi connectivity index (χ4n) is 3.16. The molecule has 0 saturated carbocycles. The van der Waals surface area contributed by atoms with Crippen molar-refractivity contribution >= 4 is 17.5 Å². The summed E-state index contributed by atoms with van der Waals surface area (Å²) in [6.45, 7) is 4.60. The number of carbonyl (C=O) groups is 2. The lowest BCUT2D eigenvalue weighted by molar-refractivity contribution is -0.146. The minimum atomic E-state index is -0.523. The third kappa shape index (κ3) is 5.32. The van der Waals surface area contributed by atoms with Crippen LogP contribution in [-0.4, -0.2) is 22.8 Å². The maximum absolute atomic E-state index is 13.3. The molecule has 3 rings (SSSR count). The monoisotopic (exact) mass is 386 g/mol. The third-order valence-electron chi connectivity index (χ3n) is 4.76. The predicted molar refractivity (Wildman–Crippen MR) is 116 cm³/mol. The molecule has 2 amide bonds. The average Bonchev–Trinajstić information content (AvgIpc) is 2.77. The van der Waals surface area contributed by atoms with Gasteiger partial charge in [0.1, 0.15) is 0 Å². The van der Waals surface area contributed by atoms with Crippen LogP contribution in [0.4, 0.5) is 5.69 Å². The van der Waals surface area contributed by atoms with Crippen LogP contribution in [-0.2, 0) is 22.7 Å². The van der Waals surface area contributed by atoms with Gasteiger partial charge >= 0.3 is 11.8 Å². The first-order valence-electron chi connectivity index (χ1n) is 9.81. The number of amides is 2. The van der Waals surface area contributed by atoms with E-state index in [-0.39, 0.29) is 6.04 Å². The predicted octanol–water partition coefficient (Wildman–Crippen LogP) is 4.66. The van der Waals surface area contributed by atoms with Crippen LogP contribution in [0, 0.1) is 0 Å². The first kappa shape index (κ1) is 20.3. The number of anilines is 1. The van der Waals surface area contributed by atoms with Gasteiger partial charge in [-0.25, -0.2) is 0 Å². The molecule has 0 unspecified atom stereocenters. The van der Waals surface area contributed by atoms with Gasteiger partial charge in [0.05, 0.1) is 6.54 Å². The van der Waals surface area contributed by atoms with Gasteiger partial charge in [-0.15, -0.1) is 0 Å². The molecule has 4 heteroatoms. The van der Waals surface area contributed by atoms with Crippen molar-refractivity contribution in [3.8, 4) is 0 Å².